The van der Waals surface area contributed by atoms with E-state index in [1.807, 2.05) is 30.3 Å². The molecule has 1 unspecified atom stereocenters. The second-order valence-corrected chi connectivity index (χ2v) is 7.51. The van der Waals surface area contributed by atoms with Gasteiger partial charge in [0.2, 0.25) is 0 Å². The van der Waals surface area contributed by atoms with Gasteiger partial charge in [-0.15, -0.1) is 0 Å². The molecular weight excluding hydrogens is 380 g/mol. The summed E-state index contributed by atoms with van der Waals surface area (Å²) in [6.45, 7) is 1.81. The maximum absolute atomic E-state index is 12.9. The van der Waals surface area contributed by atoms with E-state index in [1.165, 1.54) is 0 Å². The first-order valence-electron chi connectivity index (χ1n) is 9.18. The van der Waals surface area contributed by atoms with Gasteiger partial charge in [-0.1, -0.05) is 29.8 Å². The molecule has 2 aliphatic heterocycles. The number of carbonyl (C=O) groups excluding carboxylic acids is 2. The lowest BCUT2D eigenvalue weighted by Crippen LogP contribution is -2.60. The molecule has 0 saturated carbocycles. The Labute approximate surface area is 168 Å². The van der Waals surface area contributed by atoms with Crippen molar-refractivity contribution in [2.45, 2.75) is 5.60 Å². The molecule has 2 fully saturated rings. The van der Waals surface area contributed by atoms with Gasteiger partial charge in [0.05, 0.1) is 26.3 Å². The zero-order chi connectivity index (χ0) is 19.6. The summed E-state index contributed by atoms with van der Waals surface area (Å²) in [5.41, 5.74) is 0.608. The summed E-state index contributed by atoms with van der Waals surface area (Å²) in [6.07, 6.45) is 0. The van der Waals surface area contributed by atoms with Crippen LogP contribution >= 0.6 is 11.6 Å². The summed E-state index contributed by atoms with van der Waals surface area (Å²) in [4.78, 5) is 28.9. The molecular formula is C21H21ClN2O4. The zero-order valence-electron chi connectivity index (χ0n) is 15.3. The smallest absolute Gasteiger partial charge is 0.254 e. The third-order valence-electron chi connectivity index (χ3n) is 5.03. The van der Waals surface area contributed by atoms with E-state index in [0.717, 1.165) is 5.69 Å². The van der Waals surface area contributed by atoms with Crippen molar-refractivity contribution in [3.63, 3.8) is 0 Å². The number of anilines is 1. The Bertz CT molecular complexity index is 858. The van der Waals surface area contributed by atoms with Crippen LogP contribution in [-0.2, 0) is 14.3 Å². The standard InChI is InChI=1S/C21H21ClN2O4/c22-17-8-6-16(7-9-17)20(26)23-10-11-28-21(13-23)14-24(19(25)12-27-15-21)18-4-2-1-3-5-18/h1-9H,10-15H2. The number of carbonyl (C=O) groups is 2. The normalized spacial score (nSPS) is 23.0. The van der Waals surface area contributed by atoms with Crippen molar-refractivity contribution < 1.29 is 19.1 Å². The van der Waals surface area contributed by atoms with Crippen LogP contribution in [0.3, 0.4) is 0 Å². The van der Waals surface area contributed by atoms with Crippen LogP contribution in [0.25, 0.3) is 0 Å². The van der Waals surface area contributed by atoms with Crippen molar-refractivity contribution in [2.24, 2.45) is 0 Å². The molecule has 2 heterocycles. The van der Waals surface area contributed by atoms with Gasteiger partial charge in [-0.2, -0.15) is 0 Å². The highest BCUT2D eigenvalue weighted by molar-refractivity contribution is 6.30. The number of para-hydroxylation sites is 1. The van der Waals surface area contributed by atoms with Crippen molar-refractivity contribution in [1.29, 1.82) is 0 Å². The molecule has 0 aromatic heterocycles. The van der Waals surface area contributed by atoms with Crippen LogP contribution in [0.2, 0.25) is 5.02 Å². The lowest BCUT2D eigenvalue weighted by Gasteiger charge is -2.43. The molecule has 2 aliphatic rings. The number of hydrogen-bond acceptors (Lipinski definition) is 4. The van der Waals surface area contributed by atoms with Crippen molar-refractivity contribution in [3.05, 3.63) is 65.2 Å². The second kappa shape index (κ2) is 7.91. The fourth-order valence-electron chi connectivity index (χ4n) is 3.64. The van der Waals surface area contributed by atoms with E-state index in [1.54, 1.807) is 34.1 Å². The third-order valence-corrected chi connectivity index (χ3v) is 5.28. The van der Waals surface area contributed by atoms with Crippen LogP contribution in [0.15, 0.2) is 54.6 Å². The first-order chi connectivity index (χ1) is 13.6. The highest BCUT2D eigenvalue weighted by Crippen LogP contribution is 2.27. The number of halogens is 1. The molecule has 0 N–H and O–H groups in total. The van der Waals surface area contributed by atoms with Gasteiger partial charge in [0.15, 0.2) is 0 Å². The molecule has 28 heavy (non-hydrogen) atoms. The minimum atomic E-state index is -0.762. The fraction of sp³-hybridized carbons (Fsp3) is 0.333. The molecule has 0 bridgehead atoms. The maximum Gasteiger partial charge on any atom is 0.254 e. The summed E-state index contributed by atoms with van der Waals surface area (Å²) in [7, 11) is 0. The molecule has 2 aromatic rings. The average molecular weight is 401 g/mol. The Kier molecular flexibility index (Phi) is 5.35. The van der Waals surface area contributed by atoms with Crippen LogP contribution in [0.5, 0.6) is 0 Å². The minimum absolute atomic E-state index is 0.00879. The topological polar surface area (TPSA) is 59.1 Å². The molecule has 2 saturated heterocycles. The van der Waals surface area contributed by atoms with E-state index >= 15 is 0 Å². The molecule has 7 heteroatoms. The van der Waals surface area contributed by atoms with Crippen LogP contribution < -0.4 is 4.90 Å². The number of nitrogens with zero attached hydrogens (tertiary/aromatic N) is 2. The van der Waals surface area contributed by atoms with Crippen molar-refractivity contribution >= 4 is 29.1 Å². The summed E-state index contributed by atoms with van der Waals surface area (Å²) < 4.78 is 11.7. The summed E-state index contributed by atoms with van der Waals surface area (Å²) in [5.74, 6) is -0.200. The quantitative estimate of drug-likeness (QED) is 0.777. The van der Waals surface area contributed by atoms with Crippen LogP contribution in [0.4, 0.5) is 5.69 Å². The Balaban J connectivity index is 1.56. The molecule has 1 atom stereocenters. The van der Waals surface area contributed by atoms with E-state index in [9.17, 15) is 9.59 Å². The van der Waals surface area contributed by atoms with Gasteiger partial charge in [-0.3, -0.25) is 9.59 Å². The van der Waals surface area contributed by atoms with Gasteiger partial charge in [-0.25, -0.2) is 0 Å². The first kappa shape index (κ1) is 18.9. The number of benzene rings is 2. The highest BCUT2D eigenvalue weighted by Gasteiger charge is 2.43. The number of hydrogen-bond donors (Lipinski definition) is 0. The van der Waals surface area contributed by atoms with E-state index in [4.69, 9.17) is 21.1 Å². The largest absolute Gasteiger partial charge is 0.368 e. The maximum atomic E-state index is 12.9. The number of amides is 2. The van der Waals surface area contributed by atoms with Crippen LogP contribution in [0.1, 0.15) is 10.4 Å². The zero-order valence-corrected chi connectivity index (χ0v) is 16.1. The van der Waals surface area contributed by atoms with Crippen molar-refractivity contribution in [3.8, 4) is 0 Å². The van der Waals surface area contributed by atoms with Gasteiger partial charge in [0.25, 0.3) is 11.8 Å². The molecule has 6 nitrogen and oxygen atoms in total. The summed E-state index contributed by atoms with van der Waals surface area (Å²) in [6, 6.07) is 16.3. The minimum Gasteiger partial charge on any atom is -0.368 e. The second-order valence-electron chi connectivity index (χ2n) is 7.07. The fourth-order valence-corrected chi connectivity index (χ4v) is 3.77. The molecule has 1 spiro atoms. The predicted molar refractivity (Wildman–Crippen MR) is 106 cm³/mol. The van der Waals surface area contributed by atoms with E-state index in [-0.39, 0.29) is 25.0 Å². The number of ether oxygens (including phenoxy) is 2. The van der Waals surface area contributed by atoms with Crippen LogP contribution in [-0.4, -0.2) is 61.8 Å². The Hall–Kier alpha value is -2.41. The van der Waals surface area contributed by atoms with Gasteiger partial charge in [-0.05, 0) is 36.4 Å². The average Bonchev–Trinajstić information content (AvgIpc) is 2.88. The Morgan fingerprint density at radius 3 is 2.54 bits per heavy atom. The summed E-state index contributed by atoms with van der Waals surface area (Å²) in [5, 5.41) is 0.587. The van der Waals surface area contributed by atoms with Gasteiger partial charge in [0.1, 0.15) is 12.2 Å². The Morgan fingerprint density at radius 1 is 1.04 bits per heavy atom. The molecule has 0 radical (unpaired) electrons. The van der Waals surface area contributed by atoms with Crippen molar-refractivity contribution in [1.82, 2.24) is 4.90 Å². The highest BCUT2D eigenvalue weighted by atomic mass is 35.5. The van der Waals surface area contributed by atoms with E-state index in [0.29, 0.717) is 36.8 Å². The molecule has 2 amide bonds. The number of morpholine rings is 1. The number of rotatable bonds is 2. The summed E-state index contributed by atoms with van der Waals surface area (Å²) >= 11 is 5.93. The first-order valence-corrected chi connectivity index (χ1v) is 9.56. The predicted octanol–water partition coefficient (Wildman–Crippen LogP) is 2.61. The lowest BCUT2D eigenvalue weighted by molar-refractivity contribution is -0.128. The Morgan fingerprint density at radius 2 is 1.79 bits per heavy atom. The molecule has 146 valence electrons. The van der Waals surface area contributed by atoms with Gasteiger partial charge in [0, 0.05) is 22.8 Å². The van der Waals surface area contributed by atoms with E-state index in [2.05, 4.69) is 0 Å². The van der Waals surface area contributed by atoms with Gasteiger partial charge >= 0.3 is 0 Å². The SMILES string of the molecule is O=C(c1ccc(Cl)cc1)N1CCOC2(COCC(=O)N(c3ccccc3)C2)C1. The third kappa shape index (κ3) is 3.90. The monoisotopic (exact) mass is 400 g/mol. The molecule has 2 aromatic carbocycles. The van der Waals surface area contributed by atoms with Crippen molar-refractivity contribution in [2.75, 3.05) is 44.4 Å². The van der Waals surface area contributed by atoms with E-state index < -0.39 is 5.60 Å². The van der Waals surface area contributed by atoms with Gasteiger partial charge < -0.3 is 19.3 Å². The lowest BCUT2D eigenvalue weighted by atomic mass is 10.0. The van der Waals surface area contributed by atoms with Crippen LogP contribution in [0, 0.1) is 0 Å². The molecule has 4 rings (SSSR count). The molecule has 0 aliphatic carbocycles.